The fourth-order valence-electron chi connectivity index (χ4n) is 3.99. The standard InChI is InChI=1S/C23H28N2O4S2/c1-16-8-11-24(12-9-16)21(26)5-3-2-4-10-25-22(27)20(31-23(25)30)14-17-6-7-18-19(13-17)29-15-28-18/h6-7,13-14,16H,2-5,8-12,15H2,1H3/b20-14-. The van der Waals surface area contributed by atoms with Crippen LogP contribution in [0.1, 0.15) is 51.0 Å². The van der Waals surface area contributed by atoms with Crippen molar-refractivity contribution in [1.82, 2.24) is 9.80 Å². The number of ether oxygens (including phenoxy) is 2. The van der Waals surface area contributed by atoms with Crippen LogP contribution in [-0.4, -0.2) is 52.4 Å². The summed E-state index contributed by atoms with van der Waals surface area (Å²) in [5, 5.41) is 0. The fourth-order valence-corrected chi connectivity index (χ4v) is 5.29. The van der Waals surface area contributed by atoms with E-state index in [1.807, 2.05) is 29.2 Å². The number of nitrogens with zero attached hydrogens (tertiary/aromatic N) is 2. The van der Waals surface area contributed by atoms with Gasteiger partial charge in [-0.1, -0.05) is 43.4 Å². The number of amides is 2. The van der Waals surface area contributed by atoms with E-state index < -0.39 is 0 Å². The Morgan fingerprint density at radius 2 is 1.97 bits per heavy atom. The zero-order chi connectivity index (χ0) is 21.8. The molecular weight excluding hydrogens is 432 g/mol. The van der Waals surface area contributed by atoms with Crippen LogP contribution in [0.15, 0.2) is 23.1 Å². The number of hydrogen-bond acceptors (Lipinski definition) is 6. The van der Waals surface area contributed by atoms with Gasteiger partial charge in [-0.15, -0.1) is 0 Å². The summed E-state index contributed by atoms with van der Waals surface area (Å²) in [6.07, 6.45) is 7.27. The summed E-state index contributed by atoms with van der Waals surface area (Å²) in [5.41, 5.74) is 0.885. The minimum absolute atomic E-state index is 0.0498. The number of hydrogen-bond donors (Lipinski definition) is 0. The molecule has 3 aliphatic heterocycles. The summed E-state index contributed by atoms with van der Waals surface area (Å²) >= 11 is 6.76. The van der Waals surface area contributed by atoms with E-state index in [1.54, 1.807) is 4.90 Å². The molecule has 0 spiro atoms. The molecule has 1 aromatic rings. The van der Waals surface area contributed by atoms with E-state index in [-0.39, 0.29) is 18.6 Å². The molecule has 4 rings (SSSR count). The average molecular weight is 461 g/mol. The maximum Gasteiger partial charge on any atom is 0.266 e. The van der Waals surface area contributed by atoms with Crippen molar-refractivity contribution in [1.29, 1.82) is 0 Å². The lowest BCUT2D eigenvalue weighted by Crippen LogP contribution is -2.37. The summed E-state index contributed by atoms with van der Waals surface area (Å²) in [7, 11) is 0. The van der Waals surface area contributed by atoms with Gasteiger partial charge in [0, 0.05) is 26.1 Å². The lowest BCUT2D eigenvalue weighted by Gasteiger charge is -2.30. The van der Waals surface area contributed by atoms with E-state index in [1.165, 1.54) is 11.8 Å². The summed E-state index contributed by atoms with van der Waals surface area (Å²) < 4.78 is 11.3. The van der Waals surface area contributed by atoms with Crippen LogP contribution in [0.3, 0.4) is 0 Å². The van der Waals surface area contributed by atoms with Gasteiger partial charge in [0.25, 0.3) is 5.91 Å². The second-order valence-corrected chi connectivity index (χ2v) is 10.00. The third-order valence-corrected chi connectivity index (χ3v) is 7.35. The minimum atomic E-state index is -0.0498. The number of fused-ring (bicyclic) bond motifs is 1. The molecule has 1 aromatic carbocycles. The second kappa shape index (κ2) is 10.0. The number of unbranched alkanes of at least 4 members (excludes halogenated alkanes) is 2. The third kappa shape index (κ3) is 5.41. The first-order valence-corrected chi connectivity index (χ1v) is 12.2. The van der Waals surface area contributed by atoms with E-state index >= 15 is 0 Å². The quantitative estimate of drug-likeness (QED) is 0.341. The number of benzene rings is 1. The average Bonchev–Trinajstić information content (AvgIpc) is 3.33. The first-order valence-electron chi connectivity index (χ1n) is 10.9. The van der Waals surface area contributed by atoms with E-state index in [0.29, 0.717) is 27.9 Å². The van der Waals surface area contributed by atoms with Crippen molar-refractivity contribution in [2.45, 2.75) is 45.4 Å². The molecule has 3 aliphatic rings. The molecule has 0 aliphatic carbocycles. The SMILES string of the molecule is CC1CCN(C(=O)CCCCCN2C(=O)/C(=C/c3ccc4c(c3)OCO4)SC2=S)CC1. The molecule has 0 unspecified atom stereocenters. The van der Waals surface area contributed by atoms with Gasteiger partial charge in [0.05, 0.1) is 4.91 Å². The topological polar surface area (TPSA) is 59.1 Å². The highest BCUT2D eigenvalue weighted by molar-refractivity contribution is 8.26. The van der Waals surface area contributed by atoms with Crippen molar-refractivity contribution in [3.05, 3.63) is 28.7 Å². The van der Waals surface area contributed by atoms with Crippen molar-refractivity contribution in [2.24, 2.45) is 5.92 Å². The van der Waals surface area contributed by atoms with Crippen LogP contribution in [0, 0.1) is 5.92 Å². The van der Waals surface area contributed by atoms with Crippen molar-refractivity contribution in [3.8, 4) is 11.5 Å². The van der Waals surface area contributed by atoms with Crippen molar-refractivity contribution in [3.63, 3.8) is 0 Å². The highest BCUT2D eigenvalue weighted by Crippen LogP contribution is 2.36. The Bertz CT molecular complexity index is 894. The van der Waals surface area contributed by atoms with Crippen LogP contribution in [0.4, 0.5) is 0 Å². The highest BCUT2D eigenvalue weighted by atomic mass is 32.2. The van der Waals surface area contributed by atoms with Gasteiger partial charge in [0.15, 0.2) is 11.5 Å². The molecule has 0 bridgehead atoms. The molecule has 8 heteroatoms. The Morgan fingerprint density at radius 3 is 2.77 bits per heavy atom. The van der Waals surface area contributed by atoms with Gasteiger partial charge < -0.3 is 14.4 Å². The second-order valence-electron chi connectivity index (χ2n) is 8.32. The van der Waals surface area contributed by atoms with E-state index in [4.69, 9.17) is 21.7 Å². The molecule has 0 radical (unpaired) electrons. The zero-order valence-electron chi connectivity index (χ0n) is 17.8. The summed E-state index contributed by atoms with van der Waals surface area (Å²) in [6, 6.07) is 5.62. The molecule has 0 atom stereocenters. The Hall–Kier alpha value is -2.06. The third-order valence-electron chi connectivity index (χ3n) is 5.98. The van der Waals surface area contributed by atoms with Gasteiger partial charge in [-0.3, -0.25) is 14.5 Å². The largest absolute Gasteiger partial charge is 0.454 e. The Morgan fingerprint density at radius 1 is 1.19 bits per heavy atom. The number of carbonyl (C=O) groups excluding carboxylic acids is 2. The predicted octanol–water partition coefficient (Wildman–Crippen LogP) is 4.44. The molecule has 6 nitrogen and oxygen atoms in total. The number of thiocarbonyl (C=S) groups is 1. The van der Waals surface area contributed by atoms with Crippen LogP contribution in [0.5, 0.6) is 11.5 Å². The van der Waals surface area contributed by atoms with Crippen LogP contribution in [0.25, 0.3) is 6.08 Å². The van der Waals surface area contributed by atoms with Gasteiger partial charge in [-0.25, -0.2) is 0 Å². The lowest BCUT2D eigenvalue weighted by molar-refractivity contribution is -0.132. The van der Waals surface area contributed by atoms with E-state index in [2.05, 4.69) is 6.92 Å². The molecule has 3 heterocycles. The van der Waals surface area contributed by atoms with Gasteiger partial charge in [0.2, 0.25) is 12.7 Å². The molecule has 0 saturated carbocycles. The maximum atomic E-state index is 12.8. The van der Waals surface area contributed by atoms with E-state index in [0.717, 1.165) is 62.4 Å². The molecule has 2 amide bonds. The number of likely N-dealkylation sites (tertiary alicyclic amines) is 1. The summed E-state index contributed by atoms with van der Waals surface area (Å²) in [6.45, 7) is 4.86. The number of carbonyl (C=O) groups is 2. The zero-order valence-corrected chi connectivity index (χ0v) is 19.4. The van der Waals surface area contributed by atoms with Gasteiger partial charge in [-0.05, 0) is 55.4 Å². The Balaban J connectivity index is 1.22. The normalized spacial score (nSPS) is 20.2. The van der Waals surface area contributed by atoms with E-state index in [9.17, 15) is 9.59 Å². The van der Waals surface area contributed by atoms with Crippen molar-refractivity contribution < 1.29 is 19.1 Å². The number of rotatable bonds is 7. The Labute approximate surface area is 192 Å². The van der Waals surface area contributed by atoms with Crippen LogP contribution < -0.4 is 9.47 Å². The smallest absolute Gasteiger partial charge is 0.266 e. The summed E-state index contributed by atoms with van der Waals surface area (Å²) in [4.78, 5) is 29.4. The number of thioether (sulfide) groups is 1. The fraction of sp³-hybridized carbons (Fsp3) is 0.522. The molecule has 2 fully saturated rings. The monoisotopic (exact) mass is 460 g/mol. The van der Waals surface area contributed by atoms with Gasteiger partial charge in [-0.2, -0.15) is 0 Å². The highest BCUT2D eigenvalue weighted by Gasteiger charge is 2.31. The molecule has 31 heavy (non-hydrogen) atoms. The predicted molar refractivity (Wildman–Crippen MR) is 126 cm³/mol. The Kier molecular flexibility index (Phi) is 7.17. The van der Waals surface area contributed by atoms with Crippen LogP contribution in [-0.2, 0) is 9.59 Å². The lowest BCUT2D eigenvalue weighted by atomic mass is 9.99. The minimum Gasteiger partial charge on any atom is -0.454 e. The summed E-state index contributed by atoms with van der Waals surface area (Å²) in [5.74, 6) is 2.36. The van der Waals surface area contributed by atoms with Gasteiger partial charge in [0.1, 0.15) is 4.32 Å². The molecule has 0 aromatic heterocycles. The molecular formula is C23H28N2O4S2. The van der Waals surface area contributed by atoms with Gasteiger partial charge >= 0.3 is 0 Å². The molecule has 166 valence electrons. The van der Waals surface area contributed by atoms with Crippen LogP contribution >= 0.6 is 24.0 Å². The van der Waals surface area contributed by atoms with Crippen molar-refractivity contribution >= 4 is 46.2 Å². The first kappa shape index (κ1) is 22.1. The molecule has 2 saturated heterocycles. The van der Waals surface area contributed by atoms with Crippen molar-refractivity contribution in [2.75, 3.05) is 26.4 Å². The number of piperidine rings is 1. The van der Waals surface area contributed by atoms with Crippen LogP contribution in [0.2, 0.25) is 0 Å². The maximum absolute atomic E-state index is 12.8. The molecule has 0 N–H and O–H groups in total. The first-order chi connectivity index (χ1) is 15.0.